The van der Waals surface area contributed by atoms with E-state index in [4.69, 9.17) is 9.47 Å². The van der Waals surface area contributed by atoms with Crippen LogP contribution in [0, 0.1) is 5.41 Å². The quantitative estimate of drug-likeness (QED) is 0.374. The predicted molar refractivity (Wildman–Crippen MR) is 142 cm³/mol. The van der Waals surface area contributed by atoms with Gasteiger partial charge in [-0.1, -0.05) is 36.9 Å². The van der Waals surface area contributed by atoms with Crippen molar-refractivity contribution in [1.29, 1.82) is 0 Å². The first-order chi connectivity index (χ1) is 16.8. The first-order valence-corrected chi connectivity index (χ1v) is 12.4. The van der Waals surface area contributed by atoms with Gasteiger partial charge in [-0.3, -0.25) is 14.4 Å². The van der Waals surface area contributed by atoms with Gasteiger partial charge in [-0.2, -0.15) is 0 Å². The Bertz CT molecular complexity index is 1090. The minimum Gasteiger partial charge on any atom is -0.427 e. The molecule has 1 amide bonds. The molecule has 36 heavy (non-hydrogen) atoms. The molecular weight excluding hydrogens is 480 g/mol. The maximum Gasteiger partial charge on any atom is 0.341 e. The summed E-state index contributed by atoms with van der Waals surface area (Å²) in [7, 11) is 3.89. The number of thioether (sulfide) groups is 1. The Hall–Kier alpha value is -3.33. The Labute approximate surface area is 216 Å². The van der Waals surface area contributed by atoms with Crippen molar-refractivity contribution in [2.45, 2.75) is 45.8 Å². The van der Waals surface area contributed by atoms with Crippen molar-refractivity contribution in [2.24, 2.45) is 5.41 Å². The molecule has 0 aliphatic carbocycles. The molecule has 0 fully saturated rings. The molecule has 0 saturated heterocycles. The van der Waals surface area contributed by atoms with Gasteiger partial charge in [0, 0.05) is 38.3 Å². The lowest BCUT2D eigenvalue weighted by Gasteiger charge is -2.23. The van der Waals surface area contributed by atoms with Crippen molar-refractivity contribution < 1.29 is 28.7 Å². The maximum absolute atomic E-state index is 13.2. The molecule has 2 unspecified atom stereocenters. The number of anilines is 2. The molecule has 194 valence electrons. The molecule has 8 nitrogen and oxygen atoms in total. The highest BCUT2D eigenvalue weighted by Crippen LogP contribution is 2.31. The Morgan fingerprint density at radius 1 is 1.00 bits per heavy atom. The minimum absolute atomic E-state index is 0.172. The van der Waals surface area contributed by atoms with Crippen LogP contribution in [0.3, 0.4) is 0 Å². The van der Waals surface area contributed by atoms with Gasteiger partial charge in [-0.15, -0.1) is 0 Å². The second-order valence-corrected chi connectivity index (χ2v) is 10.9. The van der Waals surface area contributed by atoms with E-state index in [2.05, 4.69) is 5.32 Å². The van der Waals surface area contributed by atoms with Crippen LogP contribution in [0.5, 0.6) is 0 Å². The Morgan fingerprint density at radius 3 is 2.19 bits per heavy atom. The molecule has 0 aliphatic heterocycles. The number of hydrogen-bond acceptors (Lipinski definition) is 8. The van der Waals surface area contributed by atoms with Crippen LogP contribution in [0.15, 0.2) is 48.5 Å². The molecule has 2 rings (SSSR count). The molecule has 0 aromatic heterocycles. The van der Waals surface area contributed by atoms with Crippen molar-refractivity contribution in [2.75, 3.05) is 31.1 Å². The number of rotatable bonds is 9. The van der Waals surface area contributed by atoms with E-state index in [-0.39, 0.29) is 22.5 Å². The normalized spacial score (nSPS) is 12.8. The monoisotopic (exact) mass is 514 g/mol. The van der Waals surface area contributed by atoms with Crippen molar-refractivity contribution in [1.82, 2.24) is 0 Å². The molecule has 9 heteroatoms. The average molecular weight is 515 g/mol. The number of ether oxygens (including phenoxy) is 2. The van der Waals surface area contributed by atoms with Gasteiger partial charge in [0.15, 0.2) is 5.12 Å². The van der Waals surface area contributed by atoms with E-state index in [1.807, 2.05) is 50.2 Å². The van der Waals surface area contributed by atoms with E-state index in [0.29, 0.717) is 5.69 Å². The van der Waals surface area contributed by atoms with Crippen molar-refractivity contribution in [3.8, 4) is 0 Å². The molecule has 0 heterocycles. The van der Waals surface area contributed by atoms with Crippen LogP contribution >= 0.6 is 11.8 Å². The molecule has 0 radical (unpaired) electrons. The molecule has 0 aliphatic rings. The fourth-order valence-corrected chi connectivity index (χ4v) is 4.07. The summed E-state index contributed by atoms with van der Waals surface area (Å²) in [5.74, 6) is -1.79. The van der Waals surface area contributed by atoms with Gasteiger partial charge < -0.3 is 19.7 Å². The maximum atomic E-state index is 13.2. The predicted octanol–water partition coefficient (Wildman–Crippen LogP) is 4.85. The van der Waals surface area contributed by atoms with Crippen LogP contribution in [0.25, 0.3) is 0 Å². The van der Waals surface area contributed by atoms with E-state index < -0.39 is 29.4 Å². The fraction of sp³-hybridized carbons (Fsp3) is 0.407. The topological polar surface area (TPSA) is 102 Å². The highest BCUT2D eigenvalue weighted by atomic mass is 32.2. The highest BCUT2D eigenvalue weighted by molar-refractivity contribution is 8.14. The second-order valence-electron chi connectivity index (χ2n) is 9.61. The van der Waals surface area contributed by atoms with E-state index >= 15 is 0 Å². The van der Waals surface area contributed by atoms with Crippen LogP contribution in [0.1, 0.15) is 56.5 Å². The minimum atomic E-state index is -0.712. The largest absolute Gasteiger partial charge is 0.427 e. The number of hydrogen-bond donors (Lipinski definition) is 1. The van der Waals surface area contributed by atoms with E-state index in [0.717, 1.165) is 23.0 Å². The van der Waals surface area contributed by atoms with Crippen LogP contribution in [-0.4, -0.2) is 49.1 Å². The zero-order valence-electron chi connectivity index (χ0n) is 21.8. The summed E-state index contributed by atoms with van der Waals surface area (Å²) in [6.45, 7) is 7.91. The Balaban J connectivity index is 2.11. The summed E-state index contributed by atoms with van der Waals surface area (Å²) in [5.41, 5.74) is 1.81. The van der Waals surface area contributed by atoms with Gasteiger partial charge in [0.25, 0.3) is 0 Å². The molecular formula is C27H34N2O6S. The smallest absolute Gasteiger partial charge is 0.341 e. The summed E-state index contributed by atoms with van der Waals surface area (Å²) >= 11 is 0.965. The van der Waals surface area contributed by atoms with E-state index in [1.165, 1.54) is 19.1 Å². The molecule has 1 N–H and O–H groups in total. The molecule has 0 spiro atoms. The summed E-state index contributed by atoms with van der Waals surface area (Å²) in [6.07, 6.45) is 0. The van der Waals surface area contributed by atoms with Gasteiger partial charge in [0.05, 0.1) is 16.2 Å². The number of carbonyl (C=O) groups excluding carboxylic acids is 4. The summed E-state index contributed by atoms with van der Waals surface area (Å²) in [5, 5.41) is 1.95. The summed E-state index contributed by atoms with van der Waals surface area (Å²) in [6, 6.07) is 14.1. The molecule has 0 saturated carbocycles. The average Bonchev–Trinajstić information content (AvgIpc) is 2.81. The van der Waals surface area contributed by atoms with Crippen LogP contribution in [0.2, 0.25) is 0 Å². The Morgan fingerprint density at radius 2 is 1.64 bits per heavy atom. The third-order valence-corrected chi connectivity index (χ3v) is 6.51. The van der Waals surface area contributed by atoms with Gasteiger partial charge in [0.2, 0.25) is 12.7 Å². The lowest BCUT2D eigenvalue weighted by molar-refractivity contribution is -0.161. The lowest BCUT2D eigenvalue weighted by atomic mass is 9.96. The third-order valence-electron chi connectivity index (χ3n) is 5.30. The first-order valence-electron chi connectivity index (χ1n) is 11.5. The van der Waals surface area contributed by atoms with Crippen LogP contribution < -0.4 is 10.2 Å². The molecule has 2 atom stereocenters. The number of nitrogens with zero attached hydrogens (tertiary/aromatic N) is 1. The molecule has 0 bridgehead atoms. The third kappa shape index (κ3) is 8.41. The number of amides is 1. The highest BCUT2D eigenvalue weighted by Gasteiger charge is 2.29. The first kappa shape index (κ1) is 28.9. The molecule has 2 aromatic carbocycles. The van der Waals surface area contributed by atoms with Crippen molar-refractivity contribution in [3.05, 3.63) is 59.7 Å². The zero-order chi connectivity index (χ0) is 27.0. The van der Waals surface area contributed by atoms with Gasteiger partial charge in [-0.25, -0.2) is 4.79 Å². The lowest BCUT2D eigenvalue weighted by Crippen LogP contribution is -2.31. The van der Waals surface area contributed by atoms with E-state index in [1.54, 1.807) is 32.9 Å². The SMILES string of the molecule is CC(=O)SC(C(=O)Nc1cccc(C(=O)OCOC(=O)C(C)(C)C)c1)C(C)c1ccc(N(C)C)cc1. The van der Waals surface area contributed by atoms with Crippen molar-refractivity contribution in [3.63, 3.8) is 0 Å². The van der Waals surface area contributed by atoms with Crippen LogP contribution in [-0.2, 0) is 23.9 Å². The number of esters is 2. The standard InChI is InChI=1S/C27H34N2O6S/c1-17(19-11-13-22(14-12-19)29(6)7)23(36-18(2)30)24(31)28-21-10-8-9-20(15-21)25(32)34-16-35-26(33)27(3,4)5/h8-15,17,23H,16H2,1-7H3,(H,28,31). The molecule has 2 aromatic rings. The number of benzene rings is 2. The number of carbonyl (C=O) groups is 4. The van der Waals surface area contributed by atoms with E-state index in [9.17, 15) is 19.2 Å². The number of nitrogens with one attached hydrogen (secondary N) is 1. The zero-order valence-corrected chi connectivity index (χ0v) is 22.6. The van der Waals surface area contributed by atoms with Crippen molar-refractivity contribution >= 4 is 46.1 Å². The fourth-order valence-electron chi connectivity index (χ4n) is 3.19. The summed E-state index contributed by atoms with van der Waals surface area (Å²) < 4.78 is 9.99. The second kappa shape index (κ2) is 12.6. The van der Waals surface area contributed by atoms with Crippen LogP contribution in [0.4, 0.5) is 11.4 Å². The van der Waals surface area contributed by atoms with Gasteiger partial charge in [-0.05, 0) is 56.7 Å². The Kier molecular flexibility index (Phi) is 10.1. The van der Waals surface area contributed by atoms with Gasteiger partial charge in [0.1, 0.15) is 0 Å². The van der Waals surface area contributed by atoms with Gasteiger partial charge >= 0.3 is 11.9 Å². The summed E-state index contributed by atoms with van der Waals surface area (Å²) in [4.78, 5) is 51.3.